The van der Waals surface area contributed by atoms with Crippen LogP contribution in [0.25, 0.3) is 0 Å². The molecule has 0 saturated heterocycles. The van der Waals surface area contributed by atoms with Crippen molar-refractivity contribution in [3.05, 3.63) is 36.2 Å². The van der Waals surface area contributed by atoms with Crippen LogP contribution in [0.1, 0.15) is 17.3 Å². The van der Waals surface area contributed by atoms with Crippen LogP contribution in [0.4, 0.5) is 5.69 Å². The lowest BCUT2D eigenvalue weighted by Gasteiger charge is -2.17. The Morgan fingerprint density at radius 1 is 1.27 bits per heavy atom. The predicted molar refractivity (Wildman–Crippen MR) is 91.0 cm³/mol. The third-order valence-corrected chi connectivity index (χ3v) is 3.29. The van der Waals surface area contributed by atoms with Gasteiger partial charge in [-0.05, 0) is 19.1 Å². The highest BCUT2D eigenvalue weighted by Crippen LogP contribution is 2.29. The monoisotopic (exact) mass is 362 g/mol. The molecule has 1 aromatic carbocycles. The van der Waals surface area contributed by atoms with Crippen LogP contribution in [0.5, 0.6) is 11.5 Å². The molecule has 2 aromatic rings. The van der Waals surface area contributed by atoms with E-state index in [0.717, 1.165) is 17.1 Å². The average molecular weight is 362 g/mol. The van der Waals surface area contributed by atoms with Crippen LogP contribution in [-0.4, -0.2) is 53.1 Å². The Morgan fingerprint density at radius 3 is 2.54 bits per heavy atom. The van der Waals surface area contributed by atoms with Gasteiger partial charge in [-0.15, -0.1) is 0 Å². The van der Waals surface area contributed by atoms with Gasteiger partial charge in [-0.25, -0.2) is 14.3 Å². The van der Waals surface area contributed by atoms with Gasteiger partial charge in [-0.1, -0.05) is 0 Å². The highest BCUT2D eigenvalue weighted by molar-refractivity contribution is 6.34. The quantitative estimate of drug-likeness (QED) is 0.304. The summed E-state index contributed by atoms with van der Waals surface area (Å²) in [7, 11) is 3.02. The first-order valence-corrected chi connectivity index (χ1v) is 7.42. The summed E-state index contributed by atoms with van der Waals surface area (Å²) >= 11 is 0. The van der Waals surface area contributed by atoms with Gasteiger partial charge in [0.05, 0.1) is 26.0 Å². The maximum absolute atomic E-state index is 12.0. The Labute approximate surface area is 148 Å². The first kappa shape index (κ1) is 18.8. The molecular formula is C16H18N4O6. The zero-order valence-electron chi connectivity index (χ0n) is 14.3. The van der Waals surface area contributed by atoms with E-state index >= 15 is 0 Å². The van der Waals surface area contributed by atoms with E-state index in [1.165, 1.54) is 14.2 Å². The maximum Gasteiger partial charge on any atom is 0.377 e. The number of methoxy groups -OCH3 is 2. The van der Waals surface area contributed by atoms with Gasteiger partial charge in [-0.3, -0.25) is 5.41 Å². The van der Waals surface area contributed by atoms with Gasteiger partial charge < -0.3 is 24.6 Å². The molecule has 10 nitrogen and oxygen atoms in total. The second kappa shape index (κ2) is 8.01. The predicted octanol–water partition coefficient (Wildman–Crippen LogP) is 1.43. The molecule has 1 unspecified atom stereocenters. The van der Waals surface area contributed by atoms with Crippen LogP contribution in [0.2, 0.25) is 0 Å². The summed E-state index contributed by atoms with van der Waals surface area (Å²) in [6.07, 6.45) is 1.32. The molecule has 0 amide bonds. The highest BCUT2D eigenvalue weighted by atomic mass is 16.6. The molecule has 0 spiro atoms. The van der Waals surface area contributed by atoms with Crippen molar-refractivity contribution in [2.24, 2.45) is 0 Å². The number of nitrogens with zero attached hydrogens (tertiary/aromatic N) is 2. The highest BCUT2D eigenvalue weighted by Gasteiger charge is 2.19. The fourth-order valence-electron chi connectivity index (χ4n) is 2.06. The van der Waals surface area contributed by atoms with E-state index in [1.807, 2.05) is 0 Å². The third kappa shape index (κ3) is 4.29. The zero-order chi connectivity index (χ0) is 19.3. The number of carboxylic acid groups (broad SMARTS) is 1. The van der Waals surface area contributed by atoms with Crippen LogP contribution in [0.15, 0.2) is 30.6 Å². The molecule has 1 heterocycles. The first-order valence-electron chi connectivity index (χ1n) is 7.42. The minimum Gasteiger partial charge on any atom is -0.493 e. The molecule has 0 fully saturated rings. The average Bonchev–Trinajstić information content (AvgIpc) is 3.11. The number of aromatic nitrogens is 2. The van der Waals surface area contributed by atoms with Crippen LogP contribution in [0, 0.1) is 5.41 Å². The number of hydrogen-bond acceptors (Lipinski definition) is 8. The summed E-state index contributed by atoms with van der Waals surface area (Å²) in [5, 5.41) is 23.2. The number of hydrogen-bond donors (Lipinski definition) is 3. The molecule has 26 heavy (non-hydrogen) atoms. The van der Waals surface area contributed by atoms with E-state index in [9.17, 15) is 9.59 Å². The van der Waals surface area contributed by atoms with E-state index in [0.29, 0.717) is 17.2 Å². The lowest BCUT2D eigenvalue weighted by molar-refractivity contribution is -0.139. The largest absolute Gasteiger partial charge is 0.493 e. The molecule has 0 saturated carbocycles. The molecular weight excluding hydrogens is 344 g/mol. The summed E-state index contributed by atoms with van der Waals surface area (Å²) in [6, 6.07) is 5.07. The summed E-state index contributed by atoms with van der Waals surface area (Å²) < 4.78 is 16.3. The number of nitrogens with one attached hydrogen (secondary N) is 2. The Hall–Kier alpha value is -3.56. The number of carbonyl (C=O) groups excluding carboxylic acids is 1. The zero-order valence-corrected chi connectivity index (χ0v) is 14.3. The second-order valence-corrected chi connectivity index (χ2v) is 5.09. The second-order valence-electron chi connectivity index (χ2n) is 5.09. The number of ether oxygens (including phenoxy) is 3. The molecule has 2 rings (SSSR count). The van der Waals surface area contributed by atoms with Gasteiger partial charge in [0, 0.05) is 18.0 Å². The van der Waals surface area contributed by atoms with Gasteiger partial charge in [0.15, 0.2) is 17.7 Å². The van der Waals surface area contributed by atoms with Crippen molar-refractivity contribution in [1.29, 1.82) is 5.41 Å². The topological polar surface area (TPSA) is 136 Å². The van der Waals surface area contributed by atoms with Crippen molar-refractivity contribution in [2.75, 3.05) is 19.5 Å². The van der Waals surface area contributed by atoms with E-state index in [1.54, 1.807) is 25.1 Å². The number of carboxylic acids is 1. The van der Waals surface area contributed by atoms with Crippen molar-refractivity contribution in [1.82, 2.24) is 9.78 Å². The molecule has 10 heteroatoms. The molecule has 0 bridgehead atoms. The first-order chi connectivity index (χ1) is 12.3. The molecule has 138 valence electrons. The van der Waals surface area contributed by atoms with E-state index < -0.39 is 24.0 Å². The van der Waals surface area contributed by atoms with Crippen LogP contribution < -0.4 is 14.8 Å². The van der Waals surface area contributed by atoms with E-state index in [-0.39, 0.29) is 5.56 Å². The van der Waals surface area contributed by atoms with Crippen molar-refractivity contribution >= 4 is 23.5 Å². The lowest BCUT2D eigenvalue weighted by atomic mass is 10.2. The molecule has 0 aliphatic carbocycles. The Balaban J connectivity index is 2.00. The van der Waals surface area contributed by atoms with Gasteiger partial charge in [-0.2, -0.15) is 5.10 Å². The van der Waals surface area contributed by atoms with Gasteiger partial charge >= 0.3 is 11.9 Å². The van der Waals surface area contributed by atoms with Crippen molar-refractivity contribution in [2.45, 2.75) is 13.2 Å². The number of esters is 1. The van der Waals surface area contributed by atoms with Crippen LogP contribution in [0.3, 0.4) is 0 Å². The van der Waals surface area contributed by atoms with Crippen LogP contribution >= 0.6 is 0 Å². The summed E-state index contributed by atoms with van der Waals surface area (Å²) in [5.74, 6) is -1.73. The van der Waals surface area contributed by atoms with Gasteiger partial charge in [0.2, 0.25) is 5.84 Å². The van der Waals surface area contributed by atoms with Crippen LogP contribution in [-0.2, 0) is 9.53 Å². The molecule has 0 aliphatic heterocycles. The normalized spacial score (nSPS) is 11.3. The minimum atomic E-state index is -1.21. The van der Waals surface area contributed by atoms with Crippen molar-refractivity contribution < 1.29 is 28.9 Å². The van der Waals surface area contributed by atoms with Gasteiger partial charge in [0.25, 0.3) is 0 Å². The number of anilines is 1. The standard InChI is InChI=1S/C16H18N4O6/c1-9(19-11-4-5-12(24-2)13(6-11)25-3)26-16(23)14(17)20-8-10(7-18-20)15(21)22/h4-9,17,19H,1-3H3,(H,21,22). The summed E-state index contributed by atoms with van der Waals surface area (Å²) in [5.41, 5.74) is 0.473. The maximum atomic E-state index is 12.0. The summed E-state index contributed by atoms with van der Waals surface area (Å²) in [4.78, 5) is 22.8. The Bertz CT molecular complexity index is 832. The third-order valence-electron chi connectivity index (χ3n) is 3.29. The smallest absolute Gasteiger partial charge is 0.377 e. The fourth-order valence-corrected chi connectivity index (χ4v) is 2.06. The fraction of sp³-hybridized carbons (Fsp3) is 0.250. The summed E-state index contributed by atoms with van der Waals surface area (Å²) in [6.45, 7) is 1.58. The number of aromatic carboxylic acids is 1. The molecule has 0 radical (unpaired) electrons. The molecule has 1 aromatic heterocycles. The van der Waals surface area contributed by atoms with E-state index in [4.69, 9.17) is 24.7 Å². The Morgan fingerprint density at radius 2 is 1.96 bits per heavy atom. The molecule has 3 N–H and O–H groups in total. The van der Waals surface area contributed by atoms with E-state index in [2.05, 4.69) is 10.4 Å². The SMILES string of the molecule is COc1ccc(NC(C)OC(=O)C(=N)n2cc(C(=O)O)cn2)cc1OC. The lowest BCUT2D eigenvalue weighted by Crippen LogP contribution is -2.31. The molecule has 1 atom stereocenters. The number of rotatable bonds is 6. The number of benzene rings is 1. The number of carbonyl (C=O) groups is 2. The van der Waals surface area contributed by atoms with Gasteiger partial charge in [0.1, 0.15) is 0 Å². The van der Waals surface area contributed by atoms with Crippen molar-refractivity contribution in [3.8, 4) is 11.5 Å². The Kier molecular flexibility index (Phi) is 5.78. The minimum absolute atomic E-state index is 0.140. The molecule has 0 aliphatic rings. The van der Waals surface area contributed by atoms with Crippen molar-refractivity contribution in [3.63, 3.8) is 0 Å².